The first kappa shape index (κ1) is 9.07. The molecule has 0 aliphatic carbocycles. The summed E-state index contributed by atoms with van der Waals surface area (Å²) < 4.78 is 0. The topological polar surface area (TPSA) is 32.3 Å². The van der Waals surface area contributed by atoms with Crippen molar-refractivity contribution in [2.45, 2.75) is 20.0 Å². The maximum absolute atomic E-state index is 9.42. The van der Waals surface area contributed by atoms with Gasteiger partial charge in [0.15, 0.2) is 0 Å². The van der Waals surface area contributed by atoms with E-state index in [0.29, 0.717) is 0 Å². The van der Waals surface area contributed by atoms with Gasteiger partial charge in [-0.05, 0) is 19.9 Å². The Labute approximate surface area is 73.2 Å². The maximum atomic E-state index is 9.42. The molecule has 0 aliphatic rings. The van der Waals surface area contributed by atoms with E-state index in [4.69, 9.17) is 0 Å². The molecule has 0 spiro atoms. The van der Waals surface area contributed by atoms with Crippen LogP contribution in [0, 0.1) is 6.92 Å². The van der Waals surface area contributed by atoms with Crippen LogP contribution in [-0.4, -0.2) is 12.2 Å². The fraction of sp³-hybridized carbons (Fsp3) is 0.400. The van der Waals surface area contributed by atoms with Crippen LogP contribution >= 0.6 is 0 Å². The molecule has 0 aromatic heterocycles. The van der Waals surface area contributed by atoms with E-state index in [2.05, 4.69) is 5.32 Å². The molecule has 1 aromatic carbocycles. The van der Waals surface area contributed by atoms with Crippen molar-refractivity contribution in [2.24, 2.45) is 0 Å². The van der Waals surface area contributed by atoms with Crippen molar-refractivity contribution in [3.8, 4) is 0 Å². The molecule has 1 rings (SSSR count). The number of anilines is 1. The molecule has 0 fully saturated rings. The Morgan fingerprint density at radius 3 is 2.58 bits per heavy atom. The lowest BCUT2D eigenvalue weighted by atomic mass is 10.1. The van der Waals surface area contributed by atoms with Crippen molar-refractivity contribution in [3.63, 3.8) is 0 Å². The minimum absolute atomic E-state index is 0.410. The Hall–Kier alpha value is -1.02. The predicted molar refractivity (Wildman–Crippen MR) is 51.4 cm³/mol. The number of benzene rings is 1. The second-order valence-electron chi connectivity index (χ2n) is 3.02. The zero-order chi connectivity index (χ0) is 9.14. The van der Waals surface area contributed by atoms with E-state index in [0.717, 1.165) is 11.3 Å². The molecule has 0 amide bonds. The highest BCUT2D eigenvalue weighted by atomic mass is 16.3. The normalized spacial score (nSPS) is 12.7. The summed E-state index contributed by atoms with van der Waals surface area (Å²) in [6.45, 7) is 3.79. The van der Waals surface area contributed by atoms with Crippen molar-refractivity contribution < 1.29 is 5.11 Å². The second-order valence-corrected chi connectivity index (χ2v) is 3.02. The van der Waals surface area contributed by atoms with Crippen LogP contribution < -0.4 is 5.32 Å². The first-order valence-electron chi connectivity index (χ1n) is 4.11. The highest BCUT2D eigenvalue weighted by molar-refractivity contribution is 5.53. The van der Waals surface area contributed by atoms with E-state index in [1.165, 1.54) is 5.56 Å². The molecule has 0 aliphatic heterocycles. The largest absolute Gasteiger partial charge is 0.389 e. The molecule has 1 aromatic rings. The van der Waals surface area contributed by atoms with Gasteiger partial charge in [-0.25, -0.2) is 0 Å². The van der Waals surface area contributed by atoms with Crippen LogP contribution in [0.2, 0.25) is 0 Å². The molecule has 0 saturated carbocycles. The third-order valence-corrected chi connectivity index (χ3v) is 1.93. The second kappa shape index (κ2) is 3.59. The minimum Gasteiger partial charge on any atom is -0.389 e. The zero-order valence-corrected chi connectivity index (χ0v) is 7.76. The molecule has 0 bridgehead atoms. The summed E-state index contributed by atoms with van der Waals surface area (Å²) in [5, 5.41) is 12.5. The van der Waals surface area contributed by atoms with Gasteiger partial charge in [0.2, 0.25) is 0 Å². The molecule has 0 saturated heterocycles. The summed E-state index contributed by atoms with van der Waals surface area (Å²) >= 11 is 0. The quantitative estimate of drug-likeness (QED) is 0.703. The van der Waals surface area contributed by atoms with Crippen LogP contribution in [0.25, 0.3) is 0 Å². The molecule has 1 atom stereocenters. The van der Waals surface area contributed by atoms with Gasteiger partial charge in [0.25, 0.3) is 0 Å². The number of aliphatic hydroxyl groups excluding tert-OH is 1. The molecule has 0 radical (unpaired) electrons. The van der Waals surface area contributed by atoms with Crippen LogP contribution in [0.3, 0.4) is 0 Å². The Morgan fingerprint density at radius 2 is 2.08 bits per heavy atom. The van der Waals surface area contributed by atoms with Gasteiger partial charge in [-0.15, -0.1) is 0 Å². The van der Waals surface area contributed by atoms with Crippen LogP contribution in [0.4, 0.5) is 5.69 Å². The molecule has 0 heterocycles. The number of hydrogen-bond donors (Lipinski definition) is 2. The molecule has 1 unspecified atom stereocenters. The van der Waals surface area contributed by atoms with Crippen molar-refractivity contribution in [3.05, 3.63) is 29.3 Å². The lowest BCUT2D eigenvalue weighted by Gasteiger charge is -2.11. The van der Waals surface area contributed by atoms with Crippen LogP contribution in [0.1, 0.15) is 24.2 Å². The highest BCUT2D eigenvalue weighted by Gasteiger charge is 2.05. The Balaban J connectivity index is 3.12. The summed E-state index contributed by atoms with van der Waals surface area (Å²) in [6, 6.07) is 6.01. The molecular formula is C10H15NO. The Morgan fingerprint density at radius 1 is 1.42 bits per heavy atom. The maximum Gasteiger partial charge on any atom is 0.0782 e. The van der Waals surface area contributed by atoms with E-state index in [9.17, 15) is 5.11 Å². The summed E-state index contributed by atoms with van der Waals surface area (Å²) in [5.41, 5.74) is 3.12. The fourth-order valence-electron chi connectivity index (χ4n) is 1.26. The molecule has 12 heavy (non-hydrogen) atoms. The Kier molecular flexibility index (Phi) is 2.71. The van der Waals surface area contributed by atoms with E-state index in [1.807, 2.05) is 32.2 Å². The third-order valence-electron chi connectivity index (χ3n) is 1.93. The van der Waals surface area contributed by atoms with E-state index in [1.54, 1.807) is 6.92 Å². The zero-order valence-electron chi connectivity index (χ0n) is 7.76. The average molecular weight is 165 g/mol. The molecule has 2 nitrogen and oxygen atoms in total. The fourth-order valence-corrected chi connectivity index (χ4v) is 1.26. The summed E-state index contributed by atoms with van der Waals surface area (Å²) in [4.78, 5) is 0. The van der Waals surface area contributed by atoms with Gasteiger partial charge in [0, 0.05) is 18.3 Å². The Bertz CT molecular complexity index is 269. The highest BCUT2D eigenvalue weighted by Crippen LogP contribution is 2.23. The van der Waals surface area contributed by atoms with Gasteiger partial charge in [-0.1, -0.05) is 17.7 Å². The molecular weight excluding hydrogens is 150 g/mol. The van der Waals surface area contributed by atoms with Crippen molar-refractivity contribution >= 4 is 5.69 Å². The lowest BCUT2D eigenvalue weighted by Crippen LogP contribution is -1.99. The number of rotatable bonds is 2. The first-order valence-corrected chi connectivity index (χ1v) is 4.11. The van der Waals surface area contributed by atoms with Crippen LogP contribution in [0.5, 0.6) is 0 Å². The molecule has 66 valence electrons. The van der Waals surface area contributed by atoms with Crippen molar-refractivity contribution in [2.75, 3.05) is 12.4 Å². The number of aliphatic hydroxyl groups is 1. The first-order chi connectivity index (χ1) is 5.65. The van der Waals surface area contributed by atoms with Crippen LogP contribution in [-0.2, 0) is 0 Å². The predicted octanol–water partition coefficient (Wildman–Crippen LogP) is 2.09. The number of aryl methyl sites for hydroxylation is 1. The van der Waals surface area contributed by atoms with E-state index >= 15 is 0 Å². The van der Waals surface area contributed by atoms with Gasteiger partial charge in [-0.3, -0.25) is 0 Å². The van der Waals surface area contributed by atoms with Gasteiger partial charge < -0.3 is 10.4 Å². The van der Waals surface area contributed by atoms with E-state index in [-0.39, 0.29) is 0 Å². The molecule has 2 heteroatoms. The number of hydrogen-bond acceptors (Lipinski definition) is 2. The van der Waals surface area contributed by atoms with Gasteiger partial charge in [-0.2, -0.15) is 0 Å². The SMILES string of the molecule is CNc1ccc(C)cc1C(C)O. The number of nitrogens with one attached hydrogen (secondary N) is 1. The van der Waals surface area contributed by atoms with Crippen LogP contribution in [0.15, 0.2) is 18.2 Å². The third kappa shape index (κ3) is 1.77. The smallest absolute Gasteiger partial charge is 0.0782 e. The molecule has 2 N–H and O–H groups in total. The van der Waals surface area contributed by atoms with Gasteiger partial charge in [0.1, 0.15) is 0 Å². The van der Waals surface area contributed by atoms with Crippen molar-refractivity contribution in [1.82, 2.24) is 0 Å². The van der Waals surface area contributed by atoms with Gasteiger partial charge in [0.05, 0.1) is 6.10 Å². The monoisotopic (exact) mass is 165 g/mol. The summed E-state index contributed by atoms with van der Waals surface area (Å²) in [6.07, 6.45) is -0.410. The van der Waals surface area contributed by atoms with E-state index < -0.39 is 6.10 Å². The van der Waals surface area contributed by atoms with Gasteiger partial charge >= 0.3 is 0 Å². The standard InChI is InChI=1S/C10H15NO/c1-7-4-5-10(11-3)9(6-7)8(2)12/h4-6,8,11-12H,1-3H3. The van der Waals surface area contributed by atoms with Crippen molar-refractivity contribution in [1.29, 1.82) is 0 Å². The summed E-state index contributed by atoms with van der Waals surface area (Å²) in [5.74, 6) is 0. The summed E-state index contributed by atoms with van der Waals surface area (Å²) in [7, 11) is 1.86. The lowest BCUT2D eigenvalue weighted by molar-refractivity contribution is 0.200. The average Bonchev–Trinajstić information content (AvgIpc) is 2.04. The minimum atomic E-state index is -0.410.